The summed E-state index contributed by atoms with van der Waals surface area (Å²) in [4.78, 5) is -0.501. The molecule has 0 saturated heterocycles. The van der Waals surface area contributed by atoms with Crippen LogP contribution >= 0.6 is 11.6 Å². The highest BCUT2D eigenvalue weighted by Crippen LogP contribution is 2.25. The molecule has 3 N–H and O–H groups in total. The number of nitrogen functional groups attached to an aromatic ring is 1. The van der Waals surface area contributed by atoms with Crippen molar-refractivity contribution in [3.05, 3.63) is 23.0 Å². The second-order valence-corrected chi connectivity index (χ2v) is 7.12. The topological polar surface area (TPSA) is 72.2 Å². The predicted molar refractivity (Wildman–Crippen MR) is 84.4 cm³/mol. The molecule has 1 aromatic rings. The van der Waals surface area contributed by atoms with Crippen molar-refractivity contribution >= 4 is 27.3 Å². The minimum absolute atomic E-state index is 0.112. The van der Waals surface area contributed by atoms with Crippen LogP contribution in [-0.2, 0) is 10.0 Å². The van der Waals surface area contributed by atoms with Crippen molar-refractivity contribution in [2.45, 2.75) is 50.3 Å². The third kappa shape index (κ3) is 5.80. The van der Waals surface area contributed by atoms with Crippen molar-refractivity contribution in [3.8, 4) is 0 Å². The fourth-order valence-electron chi connectivity index (χ4n) is 1.97. The van der Waals surface area contributed by atoms with Gasteiger partial charge in [0.25, 0.3) is 0 Å². The Hall–Kier alpha value is -0.850. The molecule has 7 heteroatoms. The number of rotatable bonds is 9. The van der Waals surface area contributed by atoms with Gasteiger partial charge in [0.05, 0.1) is 5.02 Å². The van der Waals surface area contributed by atoms with Crippen molar-refractivity contribution in [1.82, 2.24) is 4.72 Å². The van der Waals surface area contributed by atoms with Gasteiger partial charge in [0, 0.05) is 12.2 Å². The second kappa shape index (κ2) is 8.56. The van der Waals surface area contributed by atoms with Crippen LogP contribution in [-0.4, -0.2) is 15.0 Å². The van der Waals surface area contributed by atoms with Crippen molar-refractivity contribution in [2.75, 3.05) is 12.3 Å². The summed E-state index contributed by atoms with van der Waals surface area (Å²) in [5, 5.41) is -0.296. The summed E-state index contributed by atoms with van der Waals surface area (Å²) in [6, 6.07) is 2.26. The van der Waals surface area contributed by atoms with Crippen LogP contribution in [0.25, 0.3) is 0 Å². The monoisotopic (exact) mass is 336 g/mol. The number of unbranched alkanes of at least 4 members (excludes halogenated alkanes) is 5. The van der Waals surface area contributed by atoms with Gasteiger partial charge < -0.3 is 5.73 Å². The average molecular weight is 337 g/mol. The average Bonchev–Trinajstić information content (AvgIpc) is 2.41. The lowest BCUT2D eigenvalue weighted by Crippen LogP contribution is -2.26. The first-order chi connectivity index (χ1) is 9.88. The molecule has 4 nitrogen and oxygen atoms in total. The van der Waals surface area contributed by atoms with Crippen LogP contribution in [0.15, 0.2) is 17.0 Å². The van der Waals surface area contributed by atoms with E-state index in [4.69, 9.17) is 17.3 Å². The van der Waals surface area contributed by atoms with E-state index >= 15 is 0 Å². The summed E-state index contributed by atoms with van der Waals surface area (Å²) in [6.07, 6.45) is 6.26. The fourth-order valence-corrected chi connectivity index (χ4v) is 3.46. The molecule has 1 rings (SSSR count). The number of anilines is 1. The summed E-state index contributed by atoms with van der Waals surface area (Å²) in [5.41, 5.74) is 5.62. The normalized spacial score (nSPS) is 11.8. The van der Waals surface area contributed by atoms with Gasteiger partial charge >= 0.3 is 0 Å². The number of hydrogen-bond acceptors (Lipinski definition) is 3. The highest BCUT2D eigenvalue weighted by Gasteiger charge is 2.21. The number of nitrogens with two attached hydrogens (primary N) is 1. The van der Waals surface area contributed by atoms with E-state index in [1.54, 1.807) is 0 Å². The van der Waals surface area contributed by atoms with Crippen molar-refractivity contribution in [2.24, 2.45) is 0 Å². The predicted octanol–water partition coefficient (Wildman–Crippen LogP) is 3.70. The van der Waals surface area contributed by atoms with E-state index in [0.29, 0.717) is 0 Å². The zero-order chi connectivity index (χ0) is 15.9. The molecule has 0 atom stereocenters. The van der Waals surface area contributed by atoms with E-state index in [-0.39, 0.29) is 17.3 Å². The van der Waals surface area contributed by atoms with Gasteiger partial charge in [0.2, 0.25) is 10.0 Å². The van der Waals surface area contributed by atoms with Crippen LogP contribution in [0.3, 0.4) is 0 Å². The molecule has 0 radical (unpaired) electrons. The zero-order valence-electron chi connectivity index (χ0n) is 12.2. The Morgan fingerprint density at radius 1 is 1.19 bits per heavy atom. The highest BCUT2D eigenvalue weighted by molar-refractivity contribution is 7.89. The summed E-state index contributed by atoms with van der Waals surface area (Å²) in [7, 11) is -3.92. The largest absolute Gasteiger partial charge is 0.399 e. The van der Waals surface area contributed by atoms with E-state index in [0.717, 1.165) is 31.7 Å². The van der Waals surface area contributed by atoms with E-state index in [2.05, 4.69) is 11.6 Å². The molecule has 0 aromatic heterocycles. The Bertz CT molecular complexity index is 564. The Kier molecular flexibility index (Phi) is 7.42. The second-order valence-electron chi connectivity index (χ2n) is 4.98. The standard InChI is InChI=1S/C14H22ClFN2O2S/c1-2-3-4-5-6-7-8-18-21(19,20)13-10-11(17)9-12(15)14(13)16/h9-10,18H,2-8,17H2,1H3. The molecule has 0 aliphatic carbocycles. The summed E-state index contributed by atoms with van der Waals surface area (Å²) >= 11 is 5.61. The third-order valence-electron chi connectivity index (χ3n) is 3.13. The fraction of sp³-hybridized carbons (Fsp3) is 0.571. The first kappa shape index (κ1) is 18.2. The van der Waals surface area contributed by atoms with Gasteiger partial charge in [0.15, 0.2) is 5.82 Å². The maximum atomic E-state index is 13.8. The first-order valence-corrected chi connectivity index (χ1v) is 8.98. The Labute approximate surface area is 130 Å². The molecule has 0 amide bonds. The van der Waals surface area contributed by atoms with Gasteiger partial charge in [-0.3, -0.25) is 0 Å². The van der Waals surface area contributed by atoms with Gasteiger partial charge in [-0.1, -0.05) is 50.6 Å². The molecule has 0 unspecified atom stereocenters. The van der Waals surface area contributed by atoms with E-state index < -0.39 is 20.7 Å². The number of halogens is 2. The molecule has 0 saturated carbocycles. The highest BCUT2D eigenvalue weighted by atomic mass is 35.5. The van der Waals surface area contributed by atoms with Crippen molar-refractivity contribution in [3.63, 3.8) is 0 Å². The molecular formula is C14H22ClFN2O2S. The molecule has 0 aliphatic heterocycles. The molecule has 0 aliphatic rings. The van der Waals surface area contributed by atoms with Gasteiger partial charge in [-0.15, -0.1) is 0 Å². The number of benzene rings is 1. The Balaban J connectivity index is 2.55. The van der Waals surface area contributed by atoms with Crippen LogP contribution < -0.4 is 10.5 Å². The molecule has 0 fully saturated rings. The lowest BCUT2D eigenvalue weighted by molar-refractivity contribution is 0.550. The molecule has 0 bridgehead atoms. The van der Waals surface area contributed by atoms with E-state index in [9.17, 15) is 12.8 Å². The summed E-state index contributed by atoms with van der Waals surface area (Å²) in [6.45, 7) is 2.42. The van der Waals surface area contributed by atoms with Gasteiger partial charge in [-0.05, 0) is 18.6 Å². The summed E-state index contributed by atoms with van der Waals surface area (Å²) < 4.78 is 40.2. The minimum atomic E-state index is -3.92. The Morgan fingerprint density at radius 3 is 2.48 bits per heavy atom. The van der Waals surface area contributed by atoms with Crippen molar-refractivity contribution in [1.29, 1.82) is 0 Å². The van der Waals surface area contributed by atoms with Crippen LogP contribution in [0.1, 0.15) is 45.4 Å². The van der Waals surface area contributed by atoms with Gasteiger partial charge in [-0.25, -0.2) is 17.5 Å². The lowest BCUT2D eigenvalue weighted by atomic mass is 10.1. The van der Waals surface area contributed by atoms with Crippen LogP contribution in [0.5, 0.6) is 0 Å². The van der Waals surface area contributed by atoms with E-state index in [1.807, 2.05) is 0 Å². The lowest BCUT2D eigenvalue weighted by Gasteiger charge is -2.09. The van der Waals surface area contributed by atoms with Crippen molar-refractivity contribution < 1.29 is 12.8 Å². The number of sulfonamides is 1. The third-order valence-corrected chi connectivity index (χ3v) is 4.86. The maximum absolute atomic E-state index is 13.8. The zero-order valence-corrected chi connectivity index (χ0v) is 13.7. The smallest absolute Gasteiger partial charge is 0.243 e. The van der Waals surface area contributed by atoms with E-state index in [1.165, 1.54) is 18.9 Å². The van der Waals surface area contributed by atoms with Crippen LogP contribution in [0.2, 0.25) is 5.02 Å². The molecule has 120 valence electrons. The van der Waals surface area contributed by atoms with Gasteiger partial charge in [-0.2, -0.15) is 0 Å². The maximum Gasteiger partial charge on any atom is 0.243 e. The number of nitrogens with one attached hydrogen (secondary N) is 1. The van der Waals surface area contributed by atoms with Gasteiger partial charge in [0.1, 0.15) is 4.90 Å². The van der Waals surface area contributed by atoms with Crippen LogP contribution in [0.4, 0.5) is 10.1 Å². The molecular weight excluding hydrogens is 315 g/mol. The molecule has 1 aromatic carbocycles. The molecule has 0 heterocycles. The number of hydrogen-bond donors (Lipinski definition) is 2. The molecule has 0 spiro atoms. The SMILES string of the molecule is CCCCCCCCNS(=O)(=O)c1cc(N)cc(Cl)c1F. The first-order valence-electron chi connectivity index (χ1n) is 7.12. The molecule has 21 heavy (non-hydrogen) atoms. The van der Waals surface area contributed by atoms with Crippen LogP contribution in [0, 0.1) is 5.82 Å². The quantitative estimate of drug-likeness (QED) is 0.533. The minimum Gasteiger partial charge on any atom is -0.399 e. The summed E-state index contributed by atoms with van der Waals surface area (Å²) in [5.74, 6) is -0.971. The Morgan fingerprint density at radius 2 is 1.81 bits per heavy atom.